The first kappa shape index (κ1) is 18.2. The van der Waals surface area contributed by atoms with E-state index in [2.05, 4.69) is 15.4 Å². The van der Waals surface area contributed by atoms with Gasteiger partial charge in [-0.05, 0) is 18.2 Å². The van der Waals surface area contributed by atoms with Crippen molar-refractivity contribution >= 4 is 40.2 Å². The molecule has 0 unspecified atom stereocenters. The van der Waals surface area contributed by atoms with E-state index >= 15 is 0 Å². The second kappa shape index (κ2) is 6.48. The number of hydrogen-bond acceptors (Lipinski definition) is 4. The van der Waals surface area contributed by atoms with E-state index < -0.39 is 23.2 Å². The summed E-state index contributed by atoms with van der Waals surface area (Å²) in [6, 6.07) is 4.83. The predicted octanol–water partition coefficient (Wildman–Crippen LogP) is 2.69. The Balaban J connectivity index is 1.87. The summed E-state index contributed by atoms with van der Waals surface area (Å²) in [6.07, 6.45) is -1.55. The average Bonchev–Trinajstić information content (AvgIpc) is 3.11. The number of hydrogen-bond donors (Lipinski definition) is 1. The van der Waals surface area contributed by atoms with Gasteiger partial charge in [0.05, 0.1) is 17.5 Å². The minimum atomic E-state index is -4.48. The number of carbonyl (C=O) groups is 1. The van der Waals surface area contributed by atoms with Gasteiger partial charge in [0.25, 0.3) is 5.56 Å². The quantitative estimate of drug-likeness (QED) is 0.674. The van der Waals surface area contributed by atoms with Gasteiger partial charge >= 0.3 is 6.18 Å². The molecule has 0 aliphatic carbocycles. The van der Waals surface area contributed by atoms with Crippen molar-refractivity contribution in [1.29, 1.82) is 0 Å². The smallest absolute Gasteiger partial charge is 0.295 e. The summed E-state index contributed by atoms with van der Waals surface area (Å²) in [5.74, 6) is -0.877. The van der Waals surface area contributed by atoms with E-state index in [-0.39, 0.29) is 23.8 Å². The van der Waals surface area contributed by atoms with Gasteiger partial charge in [-0.2, -0.15) is 23.3 Å². The number of aromatic nitrogens is 4. The number of halogens is 4. The van der Waals surface area contributed by atoms with Gasteiger partial charge in [-0.3, -0.25) is 19.5 Å². The molecule has 7 nitrogen and oxygen atoms in total. The summed E-state index contributed by atoms with van der Waals surface area (Å²) in [5, 5.41) is 6.77. The van der Waals surface area contributed by atoms with Crippen molar-refractivity contribution in [3.63, 3.8) is 0 Å². The number of benzene rings is 1. The van der Waals surface area contributed by atoms with Crippen LogP contribution in [-0.2, 0) is 17.5 Å². The SMILES string of the molecule is O=C(CCl)Nc1nc(=O)c2cnn3c2n1CC=C3c1cccc(C(F)(F)F)c1. The van der Waals surface area contributed by atoms with Crippen LogP contribution in [0.5, 0.6) is 0 Å². The number of nitrogens with one attached hydrogen (secondary N) is 1. The van der Waals surface area contributed by atoms with Gasteiger partial charge in [0, 0.05) is 12.1 Å². The summed E-state index contributed by atoms with van der Waals surface area (Å²) in [5.41, 5.74) is -0.405. The first-order valence-corrected chi connectivity index (χ1v) is 8.55. The Morgan fingerprint density at radius 3 is 2.82 bits per heavy atom. The van der Waals surface area contributed by atoms with E-state index in [1.807, 2.05) is 0 Å². The summed E-state index contributed by atoms with van der Waals surface area (Å²) in [7, 11) is 0. The zero-order valence-corrected chi connectivity index (χ0v) is 14.8. The van der Waals surface area contributed by atoms with Crippen molar-refractivity contribution in [3.05, 3.63) is 58.0 Å². The molecule has 3 heterocycles. The van der Waals surface area contributed by atoms with Gasteiger partial charge in [-0.1, -0.05) is 12.1 Å². The summed E-state index contributed by atoms with van der Waals surface area (Å²) in [6.45, 7) is 0.166. The van der Waals surface area contributed by atoms with Gasteiger partial charge in [0.15, 0.2) is 5.65 Å². The molecule has 11 heteroatoms. The fourth-order valence-corrected chi connectivity index (χ4v) is 3.10. The molecule has 1 N–H and O–H groups in total. The van der Waals surface area contributed by atoms with Crippen LogP contribution < -0.4 is 10.9 Å². The molecule has 2 aromatic heterocycles. The van der Waals surface area contributed by atoms with Crippen LogP contribution in [0.4, 0.5) is 19.1 Å². The molecule has 0 bridgehead atoms. The number of nitrogens with zero attached hydrogens (tertiary/aromatic N) is 4. The van der Waals surface area contributed by atoms with Crippen molar-refractivity contribution in [2.75, 3.05) is 11.2 Å². The fourth-order valence-electron chi connectivity index (χ4n) is 3.03. The lowest BCUT2D eigenvalue weighted by atomic mass is 10.1. The molecule has 3 aromatic rings. The van der Waals surface area contributed by atoms with Crippen LogP contribution in [0, 0.1) is 0 Å². The molecule has 28 heavy (non-hydrogen) atoms. The third kappa shape index (κ3) is 2.95. The molecule has 1 aromatic carbocycles. The molecule has 1 amide bonds. The Labute approximate surface area is 160 Å². The lowest BCUT2D eigenvalue weighted by molar-refractivity contribution is -0.137. The van der Waals surface area contributed by atoms with Gasteiger partial charge in [-0.15, -0.1) is 11.6 Å². The lowest BCUT2D eigenvalue weighted by Crippen LogP contribution is -2.25. The zero-order chi connectivity index (χ0) is 20.1. The topological polar surface area (TPSA) is 81.8 Å². The van der Waals surface area contributed by atoms with E-state index in [0.29, 0.717) is 16.9 Å². The van der Waals surface area contributed by atoms with Crippen molar-refractivity contribution in [3.8, 4) is 0 Å². The van der Waals surface area contributed by atoms with Gasteiger partial charge in [0.2, 0.25) is 11.9 Å². The van der Waals surface area contributed by atoms with E-state index in [9.17, 15) is 22.8 Å². The van der Waals surface area contributed by atoms with E-state index in [1.165, 1.54) is 27.6 Å². The highest BCUT2D eigenvalue weighted by Crippen LogP contribution is 2.33. The Kier molecular flexibility index (Phi) is 4.22. The number of rotatable bonds is 3. The number of amides is 1. The molecule has 0 atom stereocenters. The highest BCUT2D eigenvalue weighted by atomic mass is 35.5. The Morgan fingerprint density at radius 2 is 2.11 bits per heavy atom. The monoisotopic (exact) mass is 409 g/mol. The molecule has 0 radical (unpaired) electrons. The molecule has 1 aliphatic heterocycles. The summed E-state index contributed by atoms with van der Waals surface area (Å²) in [4.78, 5) is 27.7. The van der Waals surface area contributed by atoms with Crippen molar-refractivity contribution in [1.82, 2.24) is 19.3 Å². The molecular formula is C17H11ClF3N5O2. The van der Waals surface area contributed by atoms with Crippen molar-refractivity contribution < 1.29 is 18.0 Å². The van der Waals surface area contributed by atoms with Crippen LogP contribution in [-0.4, -0.2) is 31.1 Å². The van der Waals surface area contributed by atoms with Gasteiger partial charge < -0.3 is 0 Å². The predicted molar refractivity (Wildman–Crippen MR) is 96.0 cm³/mol. The highest BCUT2D eigenvalue weighted by molar-refractivity contribution is 6.28. The maximum Gasteiger partial charge on any atom is 0.416 e. The van der Waals surface area contributed by atoms with Gasteiger partial charge in [-0.25, -0.2) is 4.68 Å². The van der Waals surface area contributed by atoms with Crippen LogP contribution in [0.3, 0.4) is 0 Å². The summed E-state index contributed by atoms with van der Waals surface area (Å²) >= 11 is 5.49. The molecule has 0 spiro atoms. The Morgan fingerprint density at radius 1 is 1.32 bits per heavy atom. The van der Waals surface area contributed by atoms with E-state index in [1.54, 1.807) is 6.08 Å². The number of allylic oxidation sites excluding steroid dienone is 1. The molecule has 4 rings (SSSR count). The highest BCUT2D eigenvalue weighted by Gasteiger charge is 2.31. The molecule has 0 saturated heterocycles. The molecule has 0 fully saturated rings. The maximum absolute atomic E-state index is 13.1. The third-order valence-electron chi connectivity index (χ3n) is 4.25. The Hall–Kier alpha value is -3.14. The minimum absolute atomic E-state index is 0.00996. The van der Waals surface area contributed by atoms with E-state index in [0.717, 1.165) is 12.1 Å². The second-order valence-electron chi connectivity index (χ2n) is 5.99. The number of carbonyl (C=O) groups excluding carboxylic acids is 1. The minimum Gasteiger partial charge on any atom is -0.295 e. The first-order chi connectivity index (χ1) is 13.3. The third-order valence-corrected chi connectivity index (χ3v) is 4.49. The molecule has 0 saturated carbocycles. The average molecular weight is 410 g/mol. The summed E-state index contributed by atoms with van der Waals surface area (Å²) < 4.78 is 42.1. The largest absolute Gasteiger partial charge is 0.416 e. The fraction of sp³-hybridized carbons (Fsp3) is 0.176. The van der Waals surface area contributed by atoms with Crippen LogP contribution in [0.15, 0.2) is 41.3 Å². The molecular weight excluding hydrogens is 399 g/mol. The number of anilines is 1. The van der Waals surface area contributed by atoms with E-state index in [4.69, 9.17) is 11.6 Å². The first-order valence-electron chi connectivity index (χ1n) is 8.02. The van der Waals surface area contributed by atoms with Gasteiger partial charge in [0.1, 0.15) is 11.3 Å². The maximum atomic E-state index is 13.1. The second-order valence-corrected chi connectivity index (χ2v) is 6.26. The van der Waals surface area contributed by atoms with Crippen molar-refractivity contribution in [2.45, 2.75) is 12.7 Å². The van der Waals surface area contributed by atoms with Crippen LogP contribution in [0.1, 0.15) is 11.1 Å². The van der Waals surface area contributed by atoms with Crippen molar-refractivity contribution in [2.24, 2.45) is 0 Å². The number of alkyl halides is 4. The zero-order valence-electron chi connectivity index (χ0n) is 14.0. The molecule has 1 aliphatic rings. The lowest BCUT2D eigenvalue weighted by Gasteiger charge is -2.21. The normalized spacial score (nSPS) is 13.5. The standard InChI is InChI=1S/C17H11ClF3N5O2/c18-7-13(27)23-16-24-14(28)11-8-22-26-12(4-5-25(16)15(11)26)9-2-1-3-10(6-9)17(19,20)21/h1-4,6,8H,5,7H2,(H,23,24,27,28). The Bertz CT molecular complexity index is 1200. The molecule has 144 valence electrons. The van der Waals surface area contributed by atoms with Crippen LogP contribution in [0.2, 0.25) is 0 Å². The van der Waals surface area contributed by atoms with Crippen LogP contribution >= 0.6 is 11.6 Å². The van der Waals surface area contributed by atoms with Crippen LogP contribution in [0.25, 0.3) is 16.7 Å².